The van der Waals surface area contributed by atoms with Gasteiger partial charge in [0.2, 0.25) is 0 Å². The summed E-state index contributed by atoms with van der Waals surface area (Å²) in [6.07, 6.45) is -3.26. The summed E-state index contributed by atoms with van der Waals surface area (Å²) >= 11 is 0. The first kappa shape index (κ1) is 16.8. The lowest BCUT2D eigenvalue weighted by Gasteiger charge is -2.27. The molecule has 128 valence electrons. The van der Waals surface area contributed by atoms with Crippen molar-refractivity contribution < 1.29 is 22.3 Å². The molecule has 2 aromatic carbocycles. The number of benzene rings is 2. The third-order valence-electron chi connectivity index (χ3n) is 4.26. The third kappa shape index (κ3) is 3.11. The molecular weight excluding hydrogens is 322 g/mol. The van der Waals surface area contributed by atoms with E-state index < -0.39 is 17.6 Å². The molecule has 0 aliphatic carbocycles. The molecule has 0 spiro atoms. The summed E-state index contributed by atoms with van der Waals surface area (Å²) in [6, 6.07) is 6.14. The number of alkyl halides is 3. The highest BCUT2D eigenvalue weighted by Crippen LogP contribution is 2.41. The van der Waals surface area contributed by atoms with Crippen LogP contribution in [0.3, 0.4) is 0 Å². The fourth-order valence-electron chi connectivity index (χ4n) is 3.03. The van der Waals surface area contributed by atoms with Crippen molar-refractivity contribution in [2.24, 2.45) is 5.73 Å². The van der Waals surface area contributed by atoms with Crippen LogP contribution in [0.15, 0.2) is 30.3 Å². The van der Waals surface area contributed by atoms with E-state index in [9.17, 15) is 17.6 Å². The van der Waals surface area contributed by atoms with Gasteiger partial charge in [-0.1, -0.05) is 6.07 Å². The molecule has 0 unspecified atom stereocenters. The lowest BCUT2D eigenvalue weighted by atomic mass is 9.92. The molecule has 24 heavy (non-hydrogen) atoms. The minimum Gasteiger partial charge on any atom is -0.488 e. The Morgan fingerprint density at radius 1 is 1.17 bits per heavy atom. The van der Waals surface area contributed by atoms with Crippen LogP contribution in [0, 0.1) is 12.7 Å². The Bertz CT molecular complexity index is 770. The maximum Gasteiger partial charge on any atom is 0.416 e. The van der Waals surface area contributed by atoms with E-state index in [2.05, 4.69) is 0 Å². The number of halogens is 4. The van der Waals surface area contributed by atoms with Gasteiger partial charge in [0.05, 0.1) is 5.56 Å². The Labute approximate surface area is 137 Å². The molecule has 0 saturated carbocycles. The molecule has 2 aromatic rings. The average Bonchev–Trinajstić information content (AvgIpc) is 2.52. The molecule has 1 atom stereocenters. The summed E-state index contributed by atoms with van der Waals surface area (Å²) in [5.74, 6) is 0.0822. The van der Waals surface area contributed by atoms with Gasteiger partial charge >= 0.3 is 6.18 Å². The van der Waals surface area contributed by atoms with Crippen molar-refractivity contribution in [2.75, 3.05) is 6.54 Å². The average molecular weight is 339 g/mol. The van der Waals surface area contributed by atoms with Gasteiger partial charge in [-0.2, -0.15) is 13.2 Å². The summed E-state index contributed by atoms with van der Waals surface area (Å²) in [5, 5.41) is 0. The van der Waals surface area contributed by atoms with Gasteiger partial charge < -0.3 is 10.5 Å². The molecule has 0 bridgehead atoms. The third-order valence-corrected chi connectivity index (χ3v) is 4.26. The van der Waals surface area contributed by atoms with Crippen LogP contribution < -0.4 is 10.5 Å². The largest absolute Gasteiger partial charge is 0.488 e. The minimum absolute atomic E-state index is 0.170. The molecule has 1 heterocycles. The predicted octanol–water partition coefficient (Wildman–Crippen LogP) is 4.47. The highest BCUT2D eigenvalue weighted by Gasteiger charge is 2.31. The monoisotopic (exact) mass is 339 g/mol. The van der Waals surface area contributed by atoms with Gasteiger partial charge in [-0.25, -0.2) is 4.39 Å². The molecule has 2 nitrogen and oxygen atoms in total. The van der Waals surface area contributed by atoms with Crippen molar-refractivity contribution in [2.45, 2.75) is 32.0 Å². The van der Waals surface area contributed by atoms with E-state index >= 15 is 0 Å². The number of hydrogen-bond acceptors (Lipinski definition) is 2. The minimum atomic E-state index is -4.41. The van der Waals surface area contributed by atoms with Crippen LogP contribution in [-0.2, 0) is 12.6 Å². The lowest BCUT2D eigenvalue weighted by molar-refractivity contribution is -0.137. The predicted molar refractivity (Wildman–Crippen MR) is 83.4 cm³/mol. The molecule has 0 aromatic heterocycles. The number of fused-ring (bicyclic) bond motifs is 1. The molecule has 6 heteroatoms. The smallest absolute Gasteiger partial charge is 0.416 e. The Morgan fingerprint density at radius 3 is 2.54 bits per heavy atom. The van der Waals surface area contributed by atoms with Crippen molar-refractivity contribution >= 4 is 0 Å². The van der Waals surface area contributed by atoms with Gasteiger partial charge in [0.1, 0.15) is 17.7 Å². The second kappa shape index (κ2) is 6.09. The van der Waals surface area contributed by atoms with Crippen LogP contribution in [0.25, 0.3) is 11.1 Å². The second-order valence-corrected chi connectivity index (χ2v) is 5.98. The quantitative estimate of drug-likeness (QED) is 0.819. The summed E-state index contributed by atoms with van der Waals surface area (Å²) < 4.78 is 58.3. The summed E-state index contributed by atoms with van der Waals surface area (Å²) in [4.78, 5) is 0. The van der Waals surface area contributed by atoms with Crippen LogP contribution in [0.2, 0.25) is 0 Å². The highest BCUT2D eigenvalue weighted by molar-refractivity contribution is 5.75. The Balaban J connectivity index is 2.12. The molecule has 0 saturated heterocycles. The van der Waals surface area contributed by atoms with Gasteiger partial charge in [-0.05, 0) is 60.7 Å². The Morgan fingerprint density at radius 2 is 1.92 bits per heavy atom. The molecule has 1 aliphatic heterocycles. The van der Waals surface area contributed by atoms with E-state index in [4.69, 9.17) is 10.5 Å². The Kier molecular flexibility index (Phi) is 4.25. The summed E-state index contributed by atoms with van der Waals surface area (Å²) in [7, 11) is 0. The number of nitrogens with two attached hydrogens (primary N) is 1. The topological polar surface area (TPSA) is 35.2 Å². The lowest BCUT2D eigenvalue weighted by Crippen LogP contribution is -2.30. The van der Waals surface area contributed by atoms with E-state index in [1.165, 1.54) is 18.2 Å². The molecule has 1 aliphatic rings. The summed E-state index contributed by atoms with van der Waals surface area (Å²) in [5.41, 5.74) is 7.05. The first-order valence-corrected chi connectivity index (χ1v) is 7.67. The van der Waals surface area contributed by atoms with Crippen LogP contribution in [-0.4, -0.2) is 12.6 Å². The number of ether oxygens (including phenoxy) is 1. The van der Waals surface area contributed by atoms with Crippen LogP contribution in [0.4, 0.5) is 17.6 Å². The number of aryl methyl sites for hydroxylation is 2. The fourth-order valence-corrected chi connectivity index (χ4v) is 3.03. The molecular formula is C18H17F4NO. The second-order valence-electron chi connectivity index (χ2n) is 5.98. The fraction of sp³-hybridized carbons (Fsp3) is 0.333. The standard InChI is InChI=1S/C18H17F4NO/c1-10-6-12(18(20,21)22)3-5-15(10)16-8-13(19)7-11-2-4-14(9-23)24-17(11)16/h3,5-8,14H,2,4,9,23H2,1H3/t14-/m1/s1. The van der Waals surface area contributed by atoms with Crippen molar-refractivity contribution in [1.29, 1.82) is 0 Å². The van der Waals surface area contributed by atoms with Crippen molar-refractivity contribution in [3.63, 3.8) is 0 Å². The highest BCUT2D eigenvalue weighted by atomic mass is 19.4. The first-order chi connectivity index (χ1) is 11.3. The normalized spacial score (nSPS) is 17.3. The molecule has 3 rings (SSSR count). The van der Waals surface area contributed by atoms with E-state index in [1.807, 2.05) is 0 Å². The van der Waals surface area contributed by atoms with E-state index in [1.54, 1.807) is 6.92 Å². The van der Waals surface area contributed by atoms with Gasteiger partial charge in [-0.15, -0.1) is 0 Å². The van der Waals surface area contributed by atoms with Gasteiger partial charge in [0.15, 0.2) is 0 Å². The maximum atomic E-state index is 14.0. The maximum absolute atomic E-state index is 14.0. The SMILES string of the molecule is Cc1cc(C(F)(F)F)ccc1-c1cc(F)cc2c1O[C@@H](CN)CC2. The molecule has 2 N–H and O–H groups in total. The van der Waals surface area contributed by atoms with Crippen molar-refractivity contribution in [3.05, 3.63) is 52.8 Å². The van der Waals surface area contributed by atoms with Crippen LogP contribution in [0.5, 0.6) is 5.75 Å². The van der Waals surface area contributed by atoms with Gasteiger partial charge in [0.25, 0.3) is 0 Å². The van der Waals surface area contributed by atoms with Gasteiger partial charge in [-0.3, -0.25) is 0 Å². The zero-order valence-electron chi connectivity index (χ0n) is 13.1. The first-order valence-electron chi connectivity index (χ1n) is 7.67. The van der Waals surface area contributed by atoms with E-state index in [0.29, 0.717) is 47.4 Å². The Hall–Kier alpha value is -2.08. The van der Waals surface area contributed by atoms with Gasteiger partial charge in [0, 0.05) is 12.1 Å². The van der Waals surface area contributed by atoms with E-state index in [-0.39, 0.29) is 6.10 Å². The van der Waals surface area contributed by atoms with Crippen LogP contribution >= 0.6 is 0 Å². The zero-order valence-corrected chi connectivity index (χ0v) is 13.1. The van der Waals surface area contributed by atoms with Crippen molar-refractivity contribution in [3.8, 4) is 16.9 Å². The number of rotatable bonds is 2. The molecule has 0 amide bonds. The van der Waals surface area contributed by atoms with Crippen molar-refractivity contribution in [1.82, 2.24) is 0 Å². The molecule has 0 fully saturated rings. The summed E-state index contributed by atoms with van der Waals surface area (Å²) in [6.45, 7) is 1.91. The van der Waals surface area contributed by atoms with Crippen LogP contribution in [0.1, 0.15) is 23.1 Å². The molecule has 0 radical (unpaired) electrons. The zero-order chi connectivity index (χ0) is 17.5. The van der Waals surface area contributed by atoms with E-state index in [0.717, 1.165) is 12.1 Å². The number of hydrogen-bond donors (Lipinski definition) is 1.